The lowest BCUT2D eigenvalue weighted by Gasteiger charge is -2.13. The standard InChI is InChI=1S/C20H18ClN5O/c1-12(2)18-17(11-24-26(18)14-5-3-13(21)4-6-14)25-20(27)16-8-10-23-19-15(16)7-9-22-19/h3-12H,1-2H3,(H,22,23)(H,25,27). The second-order valence-electron chi connectivity index (χ2n) is 6.54. The summed E-state index contributed by atoms with van der Waals surface area (Å²) in [5.41, 5.74) is 3.75. The third kappa shape index (κ3) is 3.19. The van der Waals surface area contributed by atoms with E-state index in [2.05, 4.69) is 34.2 Å². The van der Waals surface area contributed by atoms with Crippen LogP contribution in [0.15, 0.2) is 55.0 Å². The van der Waals surface area contributed by atoms with Crippen molar-refractivity contribution in [2.75, 3.05) is 5.32 Å². The lowest BCUT2D eigenvalue weighted by atomic mass is 10.1. The van der Waals surface area contributed by atoms with Crippen LogP contribution in [-0.4, -0.2) is 25.7 Å². The molecule has 0 saturated heterocycles. The molecule has 6 nitrogen and oxygen atoms in total. The van der Waals surface area contributed by atoms with Crippen LogP contribution in [0.5, 0.6) is 0 Å². The van der Waals surface area contributed by atoms with Crippen molar-refractivity contribution < 1.29 is 4.79 Å². The number of benzene rings is 1. The van der Waals surface area contributed by atoms with E-state index in [1.165, 1.54) is 0 Å². The maximum atomic E-state index is 12.9. The Bertz CT molecular complexity index is 1110. The molecule has 0 atom stereocenters. The number of amides is 1. The van der Waals surface area contributed by atoms with Gasteiger partial charge in [-0.25, -0.2) is 9.67 Å². The molecule has 3 heterocycles. The molecule has 1 amide bonds. The number of rotatable bonds is 4. The number of H-pyrrole nitrogens is 1. The summed E-state index contributed by atoms with van der Waals surface area (Å²) in [5, 5.41) is 8.93. The Labute approximate surface area is 161 Å². The topological polar surface area (TPSA) is 75.6 Å². The van der Waals surface area contributed by atoms with Gasteiger partial charge in [0.15, 0.2) is 0 Å². The predicted octanol–water partition coefficient (Wildman–Crippen LogP) is 4.78. The van der Waals surface area contributed by atoms with Crippen LogP contribution in [0.25, 0.3) is 16.7 Å². The molecule has 4 rings (SSSR count). The number of aromatic amines is 1. The molecular weight excluding hydrogens is 362 g/mol. The fraction of sp³-hybridized carbons (Fsp3) is 0.150. The number of carbonyl (C=O) groups is 1. The number of halogens is 1. The van der Waals surface area contributed by atoms with Gasteiger partial charge in [0.1, 0.15) is 5.65 Å². The van der Waals surface area contributed by atoms with Gasteiger partial charge in [0.05, 0.1) is 28.8 Å². The molecule has 3 aromatic heterocycles. The smallest absolute Gasteiger partial charge is 0.256 e. The lowest BCUT2D eigenvalue weighted by Crippen LogP contribution is -2.14. The second-order valence-corrected chi connectivity index (χ2v) is 6.98. The van der Waals surface area contributed by atoms with Crippen LogP contribution in [0.4, 0.5) is 5.69 Å². The molecule has 0 fully saturated rings. The Morgan fingerprint density at radius 1 is 1.19 bits per heavy atom. The van der Waals surface area contributed by atoms with E-state index in [0.717, 1.165) is 16.8 Å². The molecule has 0 aliphatic carbocycles. The molecule has 0 spiro atoms. The molecule has 27 heavy (non-hydrogen) atoms. The van der Waals surface area contributed by atoms with Crippen molar-refractivity contribution in [1.29, 1.82) is 0 Å². The summed E-state index contributed by atoms with van der Waals surface area (Å²) in [6, 6.07) is 11.0. The molecule has 1 aromatic carbocycles. The van der Waals surface area contributed by atoms with Gasteiger partial charge >= 0.3 is 0 Å². The highest BCUT2D eigenvalue weighted by Crippen LogP contribution is 2.28. The summed E-state index contributed by atoms with van der Waals surface area (Å²) in [6.07, 6.45) is 5.07. The number of nitrogens with zero attached hydrogens (tertiary/aromatic N) is 3. The van der Waals surface area contributed by atoms with Crippen molar-refractivity contribution in [1.82, 2.24) is 19.7 Å². The van der Waals surface area contributed by atoms with Gasteiger partial charge in [0.2, 0.25) is 0 Å². The van der Waals surface area contributed by atoms with Crippen molar-refractivity contribution in [3.8, 4) is 5.69 Å². The van der Waals surface area contributed by atoms with Crippen LogP contribution in [0.1, 0.15) is 35.8 Å². The molecule has 0 unspecified atom stereocenters. The summed E-state index contributed by atoms with van der Waals surface area (Å²) in [4.78, 5) is 20.1. The largest absolute Gasteiger partial charge is 0.346 e. The fourth-order valence-corrected chi connectivity index (χ4v) is 3.27. The number of anilines is 1. The van der Waals surface area contributed by atoms with Crippen molar-refractivity contribution in [2.45, 2.75) is 19.8 Å². The zero-order chi connectivity index (χ0) is 19.0. The minimum absolute atomic E-state index is 0.156. The summed E-state index contributed by atoms with van der Waals surface area (Å²) >= 11 is 5.99. The highest BCUT2D eigenvalue weighted by molar-refractivity contribution is 6.30. The van der Waals surface area contributed by atoms with Gasteiger partial charge in [0.25, 0.3) is 5.91 Å². The first-order chi connectivity index (χ1) is 13.0. The molecule has 136 valence electrons. The SMILES string of the molecule is CC(C)c1c(NC(=O)c2ccnc3[nH]ccc23)cnn1-c1ccc(Cl)cc1. The van der Waals surface area contributed by atoms with Crippen molar-refractivity contribution in [3.63, 3.8) is 0 Å². The highest BCUT2D eigenvalue weighted by atomic mass is 35.5. The maximum Gasteiger partial charge on any atom is 0.256 e. The van der Waals surface area contributed by atoms with Gasteiger partial charge in [-0.1, -0.05) is 25.4 Å². The molecule has 0 aliphatic heterocycles. The molecule has 0 radical (unpaired) electrons. The van der Waals surface area contributed by atoms with Crippen molar-refractivity contribution in [2.24, 2.45) is 0 Å². The van der Waals surface area contributed by atoms with Gasteiger partial charge in [-0.2, -0.15) is 5.10 Å². The Kier molecular flexibility index (Phi) is 4.41. The third-order valence-corrected chi connectivity index (χ3v) is 4.63. The lowest BCUT2D eigenvalue weighted by molar-refractivity contribution is 0.102. The predicted molar refractivity (Wildman–Crippen MR) is 107 cm³/mol. The number of carbonyl (C=O) groups excluding carboxylic acids is 1. The van der Waals surface area contributed by atoms with Crippen LogP contribution in [-0.2, 0) is 0 Å². The minimum atomic E-state index is -0.195. The fourth-order valence-electron chi connectivity index (χ4n) is 3.15. The van der Waals surface area contributed by atoms with E-state index in [1.807, 2.05) is 35.0 Å². The summed E-state index contributed by atoms with van der Waals surface area (Å²) in [5.74, 6) is -0.0391. The van der Waals surface area contributed by atoms with Gasteiger partial charge in [0, 0.05) is 22.8 Å². The van der Waals surface area contributed by atoms with E-state index in [9.17, 15) is 4.79 Å². The molecule has 0 aliphatic rings. The molecular formula is C20H18ClN5O. The van der Waals surface area contributed by atoms with E-state index in [-0.39, 0.29) is 11.8 Å². The summed E-state index contributed by atoms with van der Waals surface area (Å²) < 4.78 is 1.83. The first kappa shape index (κ1) is 17.3. The molecule has 0 saturated carbocycles. The number of hydrogen-bond donors (Lipinski definition) is 2. The van der Waals surface area contributed by atoms with Gasteiger partial charge in [-0.05, 0) is 42.3 Å². The summed E-state index contributed by atoms with van der Waals surface area (Å²) in [7, 11) is 0. The van der Waals surface area contributed by atoms with Crippen molar-refractivity contribution >= 4 is 34.2 Å². The quantitative estimate of drug-likeness (QED) is 0.535. The zero-order valence-electron chi connectivity index (χ0n) is 14.9. The number of hydrogen-bond acceptors (Lipinski definition) is 3. The van der Waals surface area contributed by atoms with Crippen LogP contribution >= 0.6 is 11.6 Å². The van der Waals surface area contributed by atoms with E-state index in [4.69, 9.17) is 11.6 Å². The average molecular weight is 380 g/mol. The minimum Gasteiger partial charge on any atom is -0.346 e. The number of aromatic nitrogens is 4. The Morgan fingerprint density at radius 2 is 1.96 bits per heavy atom. The second kappa shape index (κ2) is 6.89. The van der Waals surface area contributed by atoms with Gasteiger partial charge < -0.3 is 10.3 Å². The number of pyridine rings is 1. The van der Waals surface area contributed by atoms with Gasteiger partial charge in [-0.15, -0.1) is 0 Å². The first-order valence-corrected chi connectivity index (χ1v) is 8.99. The zero-order valence-corrected chi connectivity index (χ0v) is 15.7. The van der Waals surface area contributed by atoms with Crippen LogP contribution in [0.2, 0.25) is 5.02 Å². The van der Waals surface area contributed by atoms with Crippen LogP contribution in [0, 0.1) is 0 Å². The summed E-state index contributed by atoms with van der Waals surface area (Å²) in [6.45, 7) is 4.13. The first-order valence-electron chi connectivity index (χ1n) is 8.62. The Balaban J connectivity index is 1.71. The van der Waals surface area contributed by atoms with Crippen molar-refractivity contribution in [3.05, 3.63) is 71.3 Å². The Hall–Kier alpha value is -3.12. The monoisotopic (exact) mass is 379 g/mol. The van der Waals surface area contributed by atoms with Crippen LogP contribution in [0.3, 0.4) is 0 Å². The third-order valence-electron chi connectivity index (χ3n) is 4.38. The maximum absolute atomic E-state index is 12.9. The number of fused-ring (bicyclic) bond motifs is 1. The molecule has 7 heteroatoms. The normalized spacial score (nSPS) is 11.3. The highest BCUT2D eigenvalue weighted by Gasteiger charge is 2.19. The van der Waals surface area contributed by atoms with Crippen LogP contribution < -0.4 is 5.32 Å². The number of nitrogens with one attached hydrogen (secondary N) is 2. The molecule has 0 bridgehead atoms. The van der Waals surface area contributed by atoms with E-state index >= 15 is 0 Å². The van der Waals surface area contributed by atoms with E-state index in [1.54, 1.807) is 24.7 Å². The Morgan fingerprint density at radius 3 is 2.70 bits per heavy atom. The molecule has 4 aromatic rings. The van der Waals surface area contributed by atoms with E-state index in [0.29, 0.717) is 21.9 Å². The average Bonchev–Trinajstić information content (AvgIpc) is 3.28. The molecule has 2 N–H and O–H groups in total. The van der Waals surface area contributed by atoms with E-state index < -0.39 is 0 Å². The van der Waals surface area contributed by atoms with Gasteiger partial charge in [-0.3, -0.25) is 4.79 Å².